The minimum Gasteiger partial charge on any atom is -0.497 e. The second-order valence-electron chi connectivity index (χ2n) is 4.99. The van der Waals surface area contributed by atoms with Gasteiger partial charge in [0.05, 0.1) is 12.8 Å². The van der Waals surface area contributed by atoms with E-state index >= 15 is 0 Å². The van der Waals surface area contributed by atoms with Gasteiger partial charge in [-0.15, -0.1) is 11.3 Å². The molecule has 1 aliphatic rings. The Labute approximate surface area is 121 Å². The largest absolute Gasteiger partial charge is 0.497 e. The third kappa shape index (κ3) is 2.08. The third-order valence-corrected chi connectivity index (χ3v) is 5.05. The molecular weight excluding hydrogens is 272 g/mol. The fourth-order valence-electron chi connectivity index (χ4n) is 2.76. The van der Waals surface area contributed by atoms with E-state index in [1.165, 1.54) is 22.5 Å². The van der Waals surface area contributed by atoms with E-state index in [0.29, 0.717) is 4.88 Å². The van der Waals surface area contributed by atoms with Crippen LogP contribution in [0.4, 0.5) is 0 Å². The molecule has 5 heteroatoms. The van der Waals surface area contributed by atoms with Crippen LogP contribution < -0.4 is 10.5 Å². The van der Waals surface area contributed by atoms with Crippen LogP contribution in [0.2, 0.25) is 0 Å². The lowest BCUT2D eigenvalue weighted by Crippen LogP contribution is -2.10. The number of rotatable bonds is 3. The van der Waals surface area contributed by atoms with Crippen LogP contribution in [0.25, 0.3) is 0 Å². The van der Waals surface area contributed by atoms with Crippen LogP contribution in [0.5, 0.6) is 5.75 Å². The number of thiazole rings is 1. The van der Waals surface area contributed by atoms with Crippen molar-refractivity contribution in [2.45, 2.75) is 25.7 Å². The summed E-state index contributed by atoms with van der Waals surface area (Å²) in [5, 5.41) is 0.975. The number of hydrogen-bond donors (Lipinski definition) is 1. The summed E-state index contributed by atoms with van der Waals surface area (Å²) in [7, 11) is 1.67. The first-order chi connectivity index (χ1) is 9.60. The van der Waals surface area contributed by atoms with Gasteiger partial charge in [-0.05, 0) is 43.0 Å². The van der Waals surface area contributed by atoms with Gasteiger partial charge in [-0.25, -0.2) is 4.98 Å². The van der Waals surface area contributed by atoms with Crippen LogP contribution in [-0.2, 0) is 6.42 Å². The average molecular weight is 288 g/mol. The quantitative estimate of drug-likeness (QED) is 0.944. The Morgan fingerprint density at radius 3 is 2.95 bits per heavy atom. The molecule has 1 amide bonds. The zero-order valence-corrected chi connectivity index (χ0v) is 12.3. The van der Waals surface area contributed by atoms with E-state index in [-0.39, 0.29) is 5.92 Å². The van der Waals surface area contributed by atoms with Crippen LogP contribution in [0, 0.1) is 6.92 Å². The summed E-state index contributed by atoms with van der Waals surface area (Å²) >= 11 is 1.42. The Balaban J connectivity index is 2.02. The lowest BCUT2D eigenvalue weighted by molar-refractivity contribution is 0.100. The van der Waals surface area contributed by atoms with E-state index in [4.69, 9.17) is 10.5 Å². The molecule has 1 aromatic heterocycles. The molecule has 0 bridgehead atoms. The van der Waals surface area contributed by atoms with E-state index in [2.05, 4.69) is 17.1 Å². The number of ether oxygens (including phenoxy) is 1. The second kappa shape index (κ2) is 4.90. The average Bonchev–Trinajstić information content (AvgIpc) is 3.01. The highest BCUT2D eigenvalue weighted by atomic mass is 32.1. The van der Waals surface area contributed by atoms with Gasteiger partial charge in [-0.2, -0.15) is 0 Å². The number of benzene rings is 1. The molecule has 1 aliphatic carbocycles. The molecule has 1 atom stereocenters. The van der Waals surface area contributed by atoms with Crippen molar-refractivity contribution in [1.82, 2.24) is 4.98 Å². The highest BCUT2D eigenvalue weighted by Gasteiger charge is 2.28. The fourth-order valence-corrected chi connectivity index (χ4v) is 3.83. The van der Waals surface area contributed by atoms with Crippen molar-refractivity contribution in [2.24, 2.45) is 5.73 Å². The van der Waals surface area contributed by atoms with Gasteiger partial charge in [0.15, 0.2) is 0 Å². The molecule has 20 heavy (non-hydrogen) atoms. The Kier molecular flexibility index (Phi) is 3.22. The second-order valence-corrected chi connectivity index (χ2v) is 6.02. The Morgan fingerprint density at radius 2 is 2.30 bits per heavy atom. The molecule has 0 saturated heterocycles. The highest BCUT2D eigenvalue weighted by Crippen LogP contribution is 2.41. The predicted molar refractivity (Wildman–Crippen MR) is 78.5 cm³/mol. The Morgan fingerprint density at radius 1 is 1.50 bits per heavy atom. The van der Waals surface area contributed by atoms with E-state index < -0.39 is 5.91 Å². The van der Waals surface area contributed by atoms with Gasteiger partial charge in [0.25, 0.3) is 5.91 Å². The number of carbonyl (C=O) groups is 1. The topological polar surface area (TPSA) is 65.2 Å². The van der Waals surface area contributed by atoms with E-state index in [1.54, 1.807) is 7.11 Å². The smallest absolute Gasteiger partial charge is 0.260 e. The van der Waals surface area contributed by atoms with Gasteiger partial charge >= 0.3 is 0 Å². The normalized spacial score (nSPS) is 17.0. The van der Waals surface area contributed by atoms with Gasteiger partial charge in [0.2, 0.25) is 0 Å². The number of primary amides is 1. The number of hydrogen-bond acceptors (Lipinski definition) is 4. The summed E-state index contributed by atoms with van der Waals surface area (Å²) in [5.41, 5.74) is 8.70. The van der Waals surface area contributed by atoms with Crippen LogP contribution in [-0.4, -0.2) is 18.0 Å². The summed E-state index contributed by atoms with van der Waals surface area (Å²) < 4.78 is 5.30. The van der Waals surface area contributed by atoms with Crippen LogP contribution in [0.3, 0.4) is 0 Å². The first-order valence-electron chi connectivity index (χ1n) is 6.54. The lowest BCUT2D eigenvalue weighted by atomic mass is 10.0. The van der Waals surface area contributed by atoms with Crippen molar-refractivity contribution in [3.8, 4) is 5.75 Å². The number of aromatic nitrogens is 1. The third-order valence-electron chi connectivity index (χ3n) is 3.77. The number of aryl methyl sites for hydroxylation is 2. The summed E-state index contributed by atoms with van der Waals surface area (Å²) in [6, 6.07) is 6.18. The SMILES string of the molecule is COc1ccc2c(c1)[C@H](c1nc(C)c(C(N)=O)s1)CC2. The zero-order valence-electron chi connectivity index (χ0n) is 11.5. The minimum absolute atomic E-state index is 0.247. The summed E-state index contributed by atoms with van der Waals surface area (Å²) in [6.07, 6.45) is 2.06. The molecule has 4 nitrogen and oxygen atoms in total. The van der Waals surface area contributed by atoms with Gasteiger partial charge in [0.1, 0.15) is 15.6 Å². The Hall–Kier alpha value is -1.88. The molecule has 0 radical (unpaired) electrons. The molecule has 0 aliphatic heterocycles. The number of carbonyl (C=O) groups excluding carboxylic acids is 1. The molecule has 1 heterocycles. The van der Waals surface area contributed by atoms with Crippen molar-refractivity contribution < 1.29 is 9.53 Å². The maximum atomic E-state index is 11.4. The summed E-state index contributed by atoms with van der Waals surface area (Å²) in [4.78, 5) is 16.5. The van der Waals surface area contributed by atoms with E-state index in [0.717, 1.165) is 29.3 Å². The first kappa shape index (κ1) is 13.1. The summed E-state index contributed by atoms with van der Waals surface area (Å²) in [5.74, 6) is 0.714. The van der Waals surface area contributed by atoms with Crippen molar-refractivity contribution in [1.29, 1.82) is 0 Å². The molecule has 2 N–H and O–H groups in total. The Bertz CT molecular complexity index is 679. The number of amides is 1. The van der Waals surface area contributed by atoms with Crippen LogP contribution in [0.1, 0.15) is 43.8 Å². The standard InChI is InChI=1S/C15H16N2O2S/c1-8-13(14(16)18)20-15(17-8)11-6-4-9-3-5-10(19-2)7-12(9)11/h3,5,7,11H,4,6H2,1-2H3,(H2,16,18)/t11-/m1/s1. The maximum Gasteiger partial charge on any atom is 0.260 e. The lowest BCUT2D eigenvalue weighted by Gasteiger charge is -2.09. The molecule has 0 spiro atoms. The van der Waals surface area contributed by atoms with Crippen LogP contribution >= 0.6 is 11.3 Å². The maximum absolute atomic E-state index is 11.4. The van der Waals surface area contributed by atoms with Crippen LogP contribution in [0.15, 0.2) is 18.2 Å². The van der Waals surface area contributed by atoms with Gasteiger partial charge in [-0.3, -0.25) is 4.79 Å². The fraction of sp³-hybridized carbons (Fsp3) is 0.333. The number of nitrogens with two attached hydrogens (primary N) is 1. The highest BCUT2D eigenvalue weighted by molar-refractivity contribution is 7.13. The van der Waals surface area contributed by atoms with E-state index in [9.17, 15) is 4.79 Å². The molecular formula is C15H16N2O2S. The van der Waals surface area contributed by atoms with Gasteiger partial charge < -0.3 is 10.5 Å². The number of nitrogens with zero attached hydrogens (tertiary/aromatic N) is 1. The monoisotopic (exact) mass is 288 g/mol. The molecule has 3 rings (SSSR count). The van der Waals surface area contributed by atoms with E-state index in [1.807, 2.05) is 13.0 Å². The molecule has 0 fully saturated rings. The number of fused-ring (bicyclic) bond motifs is 1. The van der Waals surface area contributed by atoms with Crippen molar-refractivity contribution in [3.63, 3.8) is 0 Å². The number of methoxy groups -OCH3 is 1. The predicted octanol–water partition coefficient (Wildman–Crippen LogP) is 2.64. The first-order valence-corrected chi connectivity index (χ1v) is 7.35. The molecule has 0 unspecified atom stereocenters. The van der Waals surface area contributed by atoms with Gasteiger partial charge in [0, 0.05) is 5.92 Å². The molecule has 104 valence electrons. The molecule has 0 saturated carbocycles. The van der Waals surface area contributed by atoms with Crippen molar-refractivity contribution in [2.75, 3.05) is 7.11 Å². The van der Waals surface area contributed by atoms with Crippen molar-refractivity contribution >= 4 is 17.2 Å². The zero-order chi connectivity index (χ0) is 14.3. The minimum atomic E-state index is -0.393. The summed E-state index contributed by atoms with van der Waals surface area (Å²) in [6.45, 7) is 1.83. The molecule has 2 aromatic rings. The molecule has 1 aromatic carbocycles. The van der Waals surface area contributed by atoms with Gasteiger partial charge in [-0.1, -0.05) is 6.07 Å². The van der Waals surface area contributed by atoms with Crippen molar-refractivity contribution in [3.05, 3.63) is 44.9 Å².